The van der Waals surface area contributed by atoms with E-state index in [1.807, 2.05) is 12.3 Å². The van der Waals surface area contributed by atoms with Crippen molar-refractivity contribution in [3.05, 3.63) is 36.1 Å². The molecule has 3 fully saturated rings. The molecule has 162 valence electrons. The van der Waals surface area contributed by atoms with Gasteiger partial charge in [0, 0.05) is 23.2 Å². The van der Waals surface area contributed by atoms with Gasteiger partial charge in [0.1, 0.15) is 11.4 Å². The molecule has 5 aliphatic rings. The van der Waals surface area contributed by atoms with Crippen LogP contribution in [0.5, 0.6) is 0 Å². The third kappa shape index (κ3) is 4.28. The van der Waals surface area contributed by atoms with E-state index in [4.69, 9.17) is 4.42 Å². The number of nitrogens with zero attached hydrogens (tertiary/aromatic N) is 1. The number of carbonyl (C=O) groups is 1. The number of hydrogen-bond donors (Lipinski definition) is 2. The molecule has 0 bridgehead atoms. The van der Waals surface area contributed by atoms with Gasteiger partial charge in [-0.05, 0) is 88.9 Å². The van der Waals surface area contributed by atoms with Crippen LogP contribution in [-0.2, 0) is 4.79 Å². The number of fused-ring (bicyclic) bond motifs is 1. The van der Waals surface area contributed by atoms with Crippen LogP contribution in [-0.4, -0.2) is 40.6 Å². The van der Waals surface area contributed by atoms with Gasteiger partial charge in [-0.1, -0.05) is 18.6 Å². The van der Waals surface area contributed by atoms with Crippen LogP contribution in [0.1, 0.15) is 75.8 Å². The topological polar surface area (TPSA) is 65.7 Å². The zero-order valence-corrected chi connectivity index (χ0v) is 17.8. The summed E-state index contributed by atoms with van der Waals surface area (Å²) in [5.41, 5.74) is 1.48. The smallest absolute Gasteiger partial charge is 0.252 e. The van der Waals surface area contributed by atoms with E-state index in [1.54, 1.807) is 0 Å². The first-order chi connectivity index (χ1) is 14.6. The predicted molar refractivity (Wildman–Crippen MR) is 116 cm³/mol. The molecule has 1 unspecified atom stereocenters. The predicted octanol–water partition coefficient (Wildman–Crippen LogP) is 4.50. The van der Waals surface area contributed by atoms with Crippen molar-refractivity contribution in [2.45, 2.75) is 81.9 Å². The molecule has 2 saturated carbocycles. The Labute approximate surface area is 179 Å². The van der Waals surface area contributed by atoms with Gasteiger partial charge in [-0.3, -0.25) is 9.69 Å². The molecule has 2 aliphatic heterocycles. The third-order valence-corrected chi connectivity index (χ3v) is 7.60. The summed E-state index contributed by atoms with van der Waals surface area (Å²) in [4.78, 5) is 14.7. The lowest BCUT2D eigenvalue weighted by molar-refractivity contribution is -0.132. The molecule has 0 aromatic carbocycles. The van der Waals surface area contributed by atoms with Gasteiger partial charge in [0.25, 0.3) is 5.91 Å². The van der Waals surface area contributed by atoms with Crippen molar-refractivity contribution < 1.29 is 14.3 Å². The Morgan fingerprint density at radius 1 is 1.17 bits per heavy atom. The maximum Gasteiger partial charge on any atom is 0.252 e. The van der Waals surface area contributed by atoms with Gasteiger partial charge in [0.15, 0.2) is 0 Å². The second-order valence-electron chi connectivity index (χ2n) is 9.78. The number of nitrogens with one attached hydrogen (secondary N) is 1. The van der Waals surface area contributed by atoms with Gasteiger partial charge in [-0.15, -0.1) is 0 Å². The van der Waals surface area contributed by atoms with E-state index in [1.165, 1.54) is 56.2 Å². The standard InChI is InChI=1S/C25H34N2O3/c28-24(25(29)12-13-25)26-21-9-7-18(8-10-21)11-15-27-14-2-1-5-22(27)20-16-19-4-3-6-23(19)30-17-20/h3-4,6,16-18,21-22,29H,1-2,5,7-15H2,(H,26,28)/t18-,21-,22?. The van der Waals surface area contributed by atoms with Crippen molar-refractivity contribution in [2.75, 3.05) is 13.1 Å². The van der Waals surface area contributed by atoms with Gasteiger partial charge in [0.2, 0.25) is 0 Å². The van der Waals surface area contributed by atoms with E-state index < -0.39 is 5.60 Å². The molecule has 0 aromatic rings. The van der Waals surface area contributed by atoms with Crippen molar-refractivity contribution >= 4 is 5.91 Å². The van der Waals surface area contributed by atoms with Gasteiger partial charge >= 0.3 is 0 Å². The van der Waals surface area contributed by atoms with Crippen molar-refractivity contribution in [2.24, 2.45) is 5.92 Å². The Bertz CT molecular complexity index is 835. The molecule has 1 saturated heterocycles. The highest BCUT2D eigenvalue weighted by Crippen LogP contribution is 2.37. The van der Waals surface area contributed by atoms with E-state index >= 15 is 0 Å². The van der Waals surface area contributed by atoms with Crippen LogP contribution in [0, 0.1) is 5.92 Å². The second-order valence-corrected chi connectivity index (χ2v) is 9.78. The fourth-order valence-electron chi connectivity index (χ4n) is 5.41. The lowest BCUT2D eigenvalue weighted by Gasteiger charge is -2.37. The maximum atomic E-state index is 12.1. The lowest BCUT2D eigenvalue weighted by atomic mass is 9.83. The zero-order valence-electron chi connectivity index (χ0n) is 17.8. The number of aliphatic hydroxyl groups is 1. The van der Waals surface area contributed by atoms with E-state index in [-0.39, 0.29) is 11.9 Å². The van der Waals surface area contributed by atoms with E-state index in [9.17, 15) is 9.90 Å². The van der Waals surface area contributed by atoms with Gasteiger partial charge in [-0.25, -0.2) is 0 Å². The van der Waals surface area contributed by atoms with Crippen molar-refractivity contribution in [3.8, 4) is 11.3 Å². The molecule has 5 rings (SSSR count). The molecule has 5 nitrogen and oxygen atoms in total. The first-order valence-electron chi connectivity index (χ1n) is 11.9. The fourth-order valence-corrected chi connectivity index (χ4v) is 5.41. The SMILES string of the molecule is O=C(N[C@H]1CC[C@H](CCN2CCCCC2c2coc3cccc-3c2)CC1)C1(O)CC1. The highest BCUT2D eigenvalue weighted by Gasteiger charge is 2.48. The van der Waals surface area contributed by atoms with Gasteiger partial charge < -0.3 is 14.8 Å². The zero-order chi connectivity index (χ0) is 20.6. The summed E-state index contributed by atoms with van der Waals surface area (Å²) in [6, 6.07) is 9.25. The average Bonchev–Trinajstić information content (AvgIpc) is 3.35. The number of rotatable bonds is 6. The largest absolute Gasteiger partial charge is 0.464 e. The summed E-state index contributed by atoms with van der Waals surface area (Å²) in [7, 11) is 0. The number of amides is 1. The maximum absolute atomic E-state index is 12.1. The summed E-state index contributed by atoms with van der Waals surface area (Å²) in [6.07, 6.45) is 12.7. The minimum atomic E-state index is -1.04. The summed E-state index contributed by atoms with van der Waals surface area (Å²) >= 11 is 0. The minimum Gasteiger partial charge on any atom is -0.464 e. The van der Waals surface area contributed by atoms with Gasteiger partial charge in [0.05, 0.1) is 6.26 Å². The van der Waals surface area contributed by atoms with Crippen LogP contribution in [0.25, 0.3) is 11.3 Å². The molecule has 0 spiro atoms. The summed E-state index contributed by atoms with van der Waals surface area (Å²) in [5.74, 6) is 1.57. The summed E-state index contributed by atoms with van der Waals surface area (Å²) < 4.78 is 5.87. The molecule has 2 heterocycles. The van der Waals surface area contributed by atoms with Crippen LogP contribution in [0.3, 0.4) is 0 Å². The fraction of sp³-hybridized carbons (Fsp3) is 0.640. The molecule has 3 aliphatic carbocycles. The number of carbonyl (C=O) groups excluding carboxylic acids is 1. The molecule has 30 heavy (non-hydrogen) atoms. The molecule has 0 radical (unpaired) electrons. The molecular formula is C25H34N2O3. The van der Waals surface area contributed by atoms with E-state index in [0.717, 1.165) is 31.1 Å². The van der Waals surface area contributed by atoms with E-state index in [2.05, 4.69) is 28.4 Å². The molecule has 1 amide bonds. The molecule has 1 atom stereocenters. The Kier molecular flexibility index (Phi) is 5.59. The normalized spacial score (nSPS) is 29.0. The lowest BCUT2D eigenvalue weighted by Crippen LogP contribution is -2.44. The number of hydrogen-bond acceptors (Lipinski definition) is 4. The third-order valence-electron chi connectivity index (χ3n) is 7.60. The minimum absolute atomic E-state index is 0.144. The van der Waals surface area contributed by atoms with Crippen LogP contribution in [0.4, 0.5) is 0 Å². The quantitative estimate of drug-likeness (QED) is 0.736. The second kappa shape index (κ2) is 8.35. The summed E-state index contributed by atoms with van der Waals surface area (Å²) in [6.45, 7) is 2.32. The van der Waals surface area contributed by atoms with Crippen LogP contribution in [0.15, 0.2) is 34.9 Å². The molecule has 5 heteroatoms. The first-order valence-corrected chi connectivity index (χ1v) is 11.9. The molecule has 2 N–H and O–H groups in total. The monoisotopic (exact) mass is 410 g/mol. The average molecular weight is 411 g/mol. The number of piperidine rings is 1. The Morgan fingerprint density at radius 3 is 2.80 bits per heavy atom. The van der Waals surface area contributed by atoms with E-state index in [0.29, 0.717) is 18.9 Å². The van der Waals surface area contributed by atoms with Crippen LogP contribution >= 0.6 is 0 Å². The molecular weight excluding hydrogens is 376 g/mol. The van der Waals surface area contributed by atoms with Crippen molar-refractivity contribution in [1.82, 2.24) is 10.2 Å². The van der Waals surface area contributed by atoms with Crippen molar-refractivity contribution in [1.29, 1.82) is 0 Å². The Balaban J connectivity index is 1.13. The van der Waals surface area contributed by atoms with Crippen LogP contribution in [0.2, 0.25) is 0 Å². The first kappa shape index (κ1) is 20.1. The Hall–Kier alpha value is -1.85. The highest BCUT2D eigenvalue weighted by atomic mass is 16.3. The Morgan fingerprint density at radius 2 is 2.00 bits per heavy atom. The highest BCUT2D eigenvalue weighted by molar-refractivity contribution is 5.87. The molecule has 0 aromatic heterocycles. The summed E-state index contributed by atoms with van der Waals surface area (Å²) in [5, 5.41) is 13.0. The van der Waals surface area contributed by atoms with Crippen LogP contribution < -0.4 is 5.32 Å². The van der Waals surface area contributed by atoms with Gasteiger partial charge in [-0.2, -0.15) is 0 Å². The number of likely N-dealkylation sites (tertiary alicyclic amines) is 1. The van der Waals surface area contributed by atoms with Crippen molar-refractivity contribution in [3.63, 3.8) is 0 Å².